The third-order valence-electron chi connectivity index (χ3n) is 1.72. The lowest BCUT2D eigenvalue weighted by Crippen LogP contribution is -2.33. The molecule has 0 saturated carbocycles. The summed E-state index contributed by atoms with van der Waals surface area (Å²) in [7, 11) is 0. The predicted octanol–water partition coefficient (Wildman–Crippen LogP) is 3.61. The summed E-state index contributed by atoms with van der Waals surface area (Å²) < 4.78 is 53.2. The Balaban J connectivity index is 2.43. The van der Waals surface area contributed by atoms with Crippen LogP contribution in [0.2, 0.25) is 0 Å². The molecule has 0 spiro atoms. The molecule has 0 atom stereocenters. The molecule has 0 aliphatic carbocycles. The van der Waals surface area contributed by atoms with Crippen molar-refractivity contribution in [2.45, 2.75) is 12.3 Å². The molecule has 0 amide bonds. The Bertz CT molecular complexity index is 394. The number of rotatable bonds is 6. The van der Waals surface area contributed by atoms with Crippen molar-refractivity contribution >= 4 is 33.0 Å². The van der Waals surface area contributed by atoms with Gasteiger partial charge in [0, 0.05) is 4.47 Å². The number of ether oxygens (including phenoxy) is 1. The molecule has 0 fully saturated rings. The summed E-state index contributed by atoms with van der Waals surface area (Å²) in [5.74, 6) is -4.76. The molecule has 0 aromatic carbocycles. The van der Waals surface area contributed by atoms with Gasteiger partial charge in [0.1, 0.15) is 13.2 Å². The fraction of sp³-hybridized carbons (Fsp3) is 0.444. The van der Waals surface area contributed by atoms with E-state index in [1.165, 1.54) is 0 Å². The lowest BCUT2D eigenvalue weighted by atomic mass is 10.3. The Hall–Kier alpha value is -0.470. The Morgan fingerprint density at radius 3 is 2.65 bits per heavy atom. The van der Waals surface area contributed by atoms with Gasteiger partial charge in [-0.15, -0.1) is 11.3 Å². The number of hydrogen-bond donors (Lipinski definition) is 0. The molecule has 1 aromatic rings. The fourth-order valence-electron chi connectivity index (χ4n) is 0.901. The largest absolute Gasteiger partial charge is 0.367 e. The van der Waals surface area contributed by atoms with Gasteiger partial charge in [0.05, 0.1) is 4.88 Å². The highest BCUT2D eigenvalue weighted by Gasteiger charge is 2.41. The molecule has 0 N–H and O–H groups in total. The topological polar surface area (TPSA) is 26.3 Å². The second-order valence-corrected chi connectivity index (χ2v) is 4.85. The van der Waals surface area contributed by atoms with Crippen LogP contribution in [0.5, 0.6) is 0 Å². The van der Waals surface area contributed by atoms with E-state index in [4.69, 9.17) is 0 Å². The number of thiophene rings is 1. The SMILES string of the molecule is O=C(COCC(F)(F)C(F)F)c1sccc1Br. The van der Waals surface area contributed by atoms with Crippen molar-refractivity contribution in [3.8, 4) is 0 Å². The Morgan fingerprint density at radius 1 is 1.53 bits per heavy atom. The van der Waals surface area contributed by atoms with Gasteiger partial charge in [0.25, 0.3) is 0 Å². The van der Waals surface area contributed by atoms with Gasteiger partial charge in [-0.05, 0) is 27.4 Å². The van der Waals surface area contributed by atoms with Gasteiger partial charge >= 0.3 is 12.3 Å². The molecule has 0 aliphatic rings. The van der Waals surface area contributed by atoms with Crippen molar-refractivity contribution in [2.24, 2.45) is 0 Å². The Morgan fingerprint density at radius 2 is 2.18 bits per heavy atom. The molecule has 1 heterocycles. The summed E-state index contributed by atoms with van der Waals surface area (Å²) >= 11 is 4.20. The van der Waals surface area contributed by atoms with Crippen molar-refractivity contribution in [1.29, 1.82) is 0 Å². The molecule has 0 unspecified atom stereocenters. The summed E-state index contributed by atoms with van der Waals surface area (Å²) in [6.07, 6.45) is -3.80. The zero-order chi connectivity index (χ0) is 13.1. The van der Waals surface area contributed by atoms with Gasteiger partial charge in [0.2, 0.25) is 0 Å². The van der Waals surface area contributed by atoms with Crippen LogP contribution in [0, 0.1) is 0 Å². The Labute approximate surface area is 107 Å². The van der Waals surface area contributed by atoms with Crippen molar-refractivity contribution < 1.29 is 27.1 Å². The van der Waals surface area contributed by atoms with E-state index in [0.29, 0.717) is 9.35 Å². The summed E-state index contributed by atoms with van der Waals surface area (Å²) in [5, 5.41) is 1.63. The predicted molar refractivity (Wildman–Crippen MR) is 58.1 cm³/mol. The van der Waals surface area contributed by atoms with Crippen LogP contribution in [0.3, 0.4) is 0 Å². The second-order valence-electron chi connectivity index (χ2n) is 3.08. The van der Waals surface area contributed by atoms with E-state index in [0.717, 1.165) is 11.3 Å². The zero-order valence-electron chi connectivity index (χ0n) is 8.26. The molecule has 1 rings (SSSR count). The van der Waals surface area contributed by atoms with Crippen LogP contribution in [0.25, 0.3) is 0 Å². The van der Waals surface area contributed by atoms with Gasteiger partial charge < -0.3 is 4.74 Å². The minimum Gasteiger partial charge on any atom is -0.367 e. The first-order valence-corrected chi connectivity index (χ1v) is 6.02. The summed E-state index contributed by atoms with van der Waals surface area (Å²) in [5.41, 5.74) is 0. The van der Waals surface area contributed by atoms with E-state index in [-0.39, 0.29) is 0 Å². The van der Waals surface area contributed by atoms with E-state index in [9.17, 15) is 22.4 Å². The maximum absolute atomic E-state index is 12.4. The number of Topliss-reactive ketones (excluding diaryl/α,β-unsaturated/α-hetero) is 1. The smallest absolute Gasteiger partial charge is 0.330 e. The van der Waals surface area contributed by atoms with Crippen molar-refractivity contribution in [2.75, 3.05) is 13.2 Å². The fourth-order valence-corrected chi connectivity index (χ4v) is 2.42. The minimum absolute atomic E-state index is 0.311. The number of ketones is 1. The normalized spacial score (nSPS) is 12.1. The van der Waals surface area contributed by atoms with Crippen LogP contribution in [0.15, 0.2) is 15.9 Å². The van der Waals surface area contributed by atoms with Crippen LogP contribution in [0.4, 0.5) is 17.6 Å². The first-order chi connectivity index (χ1) is 7.84. The van der Waals surface area contributed by atoms with Gasteiger partial charge in [-0.25, -0.2) is 8.78 Å². The first-order valence-electron chi connectivity index (χ1n) is 4.34. The summed E-state index contributed by atoms with van der Waals surface area (Å²) in [6.45, 7) is -2.12. The van der Waals surface area contributed by atoms with E-state index >= 15 is 0 Å². The van der Waals surface area contributed by atoms with E-state index in [1.807, 2.05) is 0 Å². The van der Waals surface area contributed by atoms with Gasteiger partial charge in [-0.1, -0.05) is 0 Å². The van der Waals surface area contributed by atoms with Crippen LogP contribution in [-0.2, 0) is 4.74 Å². The lowest BCUT2D eigenvalue weighted by Gasteiger charge is -2.14. The Kier molecular flexibility index (Phi) is 5.08. The molecule has 0 aliphatic heterocycles. The van der Waals surface area contributed by atoms with Gasteiger partial charge in [-0.2, -0.15) is 8.78 Å². The number of carbonyl (C=O) groups excluding carboxylic acids is 1. The molecule has 2 nitrogen and oxygen atoms in total. The monoisotopic (exact) mass is 334 g/mol. The lowest BCUT2D eigenvalue weighted by molar-refractivity contribution is -0.163. The average molecular weight is 335 g/mol. The molecule has 0 radical (unpaired) electrons. The van der Waals surface area contributed by atoms with E-state index in [1.54, 1.807) is 11.4 Å². The summed E-state index contributed by atoms with van der Waals surface area (Å²) in [4.78, 5) is 11.7. The van der Waals surface area contributed by atoms with E-state index < -0.39 is 31.3 Å². The third kappa shape index (κ3) is 4.04. The third-order valence-corrected chi connectivity index (χ3v) is 3.60. The molecule has 8 heteroatoms. The highest BCUT2D eigenvalue weighted by molar-refractivity contribution is 9.10. The number of alkyl halides is 4. The first kappa shape index (κ1) is 14.6. The minimum atomic E-state index is -4.23. The number of halogens is 5. The van der Waals surface area contributed by atoms with Gasteiger partial charge in [0.15, 0.2) is 5.78 Å². The molecular formula is C9H7BrF4O2S. The quantitative estimate of drug-likeness (QED) is 0.586. The zero-order valence-corrected chi connectivity index (χ0v) is 10.7. The molecule has 0 bridgehead atoms. The summed E-state index contributed by atoms with van der Waals surface area (Å²) in [6, 6.07) is 1.62. The molecule has 1 aromatic heterocycles. The number of carbonyl (C=O) groups is 1. The average Bonchev–Trinajstić information content (AvgIpc) is 2.63. The second kappa shape index (κ2) is 5.92. The van der Waals surface area contributed by atoms with Crippen LogP contribution < -0.4 is 0 Å². The van der Waals surface area contributed by atoms with Crippen molar-refractivity contribution in [3.05, 3.63) is 20.8 Å². The number of hydrogen-bond acceptors (Lipinski definition) is 3. The molecule has 96 valence electrons. The molecular weight excluding hydrogens is 328 g/mol. The van der Waals surface area contributed by atoms with E-state index in [2.05, 4.69) is 20.7 Å². The maximum atomic E-state index is 12.4. The van der Waals surface area contributed by atoms with Gasteiger partial charge in [-0.3, -0.25) is 4.79 Å². The molecule has 17 heavy (non-hydrogen) atoms. The van der Waals surface area contributed by atoms with Crippen LogP contribution in [-0.4, -0.2) is 31.3 Å². The van der Waals surface area contributed by atoms with Crippen molar-refractivity contribution in [3.63, 3.8) is 0 Å². The van der Waals surface area contributed by atoms with Crippen LogP contribution >= 0.6 is 27.3 Å². The van der Waals surface area contributed by atoms with Crippen LogP contribution in [0.1, 0.15) is 9.67 Å². The maximum Gasteiger partial charge on any atom is 0.330 e. The highest BCUT2D eigenvalue weighted by atomic mass is 79.9. The molecule has 0 saturated heterocycles. The standard InChI is InChI=1S/C9H7BrF4O2S/c10-5-1-2-17-7(5)6(15)3-16-4-9(13,14)8(11)12/h1-2,8H,3-4H2. The van der Waals surface area contributed by atoms with Crippen molar-refractivity contribution in [1.82, 2.24) is 0 Å². The highest BCUT2D eigenvalue weighted by Crippen LogP contribution is 2.25.